The van der Waals surface area contributed by atoms with E-state index in [2.05, 4.69) is 10.3 Å². The first kappa shape index (κ1) is 22.8. The number of alkyl halides is 6. The molecule has 0 saturated carbocycles. The Morgan fingerprint density at radius 3 is 2.03 bits per heavy atom. The van der Waals surface area contributed by atoms with Gasteiger partial charge in [-0.3, -0.25) is 9.78 Å². The van der Waals surface area contributed by atoms with Crippen LogP contribution in [0.2, 0.25) is 0 Å². The zero-order chi connectivity index (χ0) is 24.9. The summed E-state index contributed by atoms with van der Waals surface area (Å²) >= 11 is 0. The number of benzene rings is 2. The van der Waals surface area contributed by atoms with Crippen LogP contribution < -0.4 is 16.6 Å². The molecule has 3 aromatic rings. The van der Waals surface area contributed by atoms with E-state index in [4.69, 9.17) is 5.26 Å². The number of anilines is 1. The molecule has 0 fully saturated rings. The fourth-order valence-corrected chi connectivity index (χ4v) is 3.59. The highest BCUT2D eigenvalue weighted by molar-refractivity contribution is 6.10. The molecule has 0 unspecified atom stereocenters. The standard InChI is InChI=1S/C21H11F6N5O2/c22-20(23,24)19(21(25,26)27)14-16(29-15(31-19)12-8-6-11(10-28)7-9-12)32(18(34)30-17(14)33)13-4-2-1-3-5-13/h1-9H,(H,29,31)(H,30,33,34). The van der Waals surface area contributed by atoms with E-state index in [1.807, 2.05) is 0 Å². The number of rotatable bonds is 2. The molecule has 0 atom stereocenters. The lowest BCUT2D eigenvalue weighted by molar-refractivity contribution is -0.301. The molecule has 13 heteroatoms. The van der Waals surface area contributed by atoms with Gasteiger partial charge in [0.05, 0.1) is 17.3 Å². The average Bonchev–Trinajstić information content (AvgIpc) is 2.77. The number of para-hydroxylation sites is 1. The molecular weight excluding hydrogens is 468 g/mol. The van der Waals surface area contributed by atoms with Gasteiger partial charge in [-0.1, -0.05) is 18.2 Å². The Bertz CT molecular complexity index is 1430. The fourth-order valence-electron chi connectivity index (χ4n) is 3.59. The number of halogens is 6. The first-order valence-corrected chi connectivity index (χ1v) is 9.37. The maximum Gasteiger partial charge on any atom is 0.427 e. The number of nitriles is 1. The van der Waals surface area contributed by atoms with Gasteiger partial charge in [0.2, 0.25) is 0 Å². The molecule has 34 heavy (non-hydrogen) atoms. The van der Waals surface area contributed by atoms with Crippen LogP contribution in [0.1, 0.15) is 16.7 Å². The van der Waals surface area contributed by atoms with E-state index in [9.17, 15) is 35.9 Å². The smallest absolute Gasteiger partial charge is 0.325 e. The highest BCUT2D eigenvalue weighted by atomic mass is 19.4. The van der Waals surface area contributed by atoms with Crippen molar-refractivity contribution in [2.24, 2.45) is 4.99 Å². The molecule has 0 bridgehead atoms. The predicted molar refractivity (Wildman–Crippen MR) is 108 cm³/mol. The Morgan fingerprint density at radius 2 is 1.50 bits per heavy atom. The minimum atomic E-state index is -6.12. The Labute approximate surface area is 185 Å². The quantitative estimate of drug-likeness (QED) is 0.549. The van der Waals surface area contributed by atoms with Crippen molar-refractivity contribution in [1.29, 1.82) is 5.26 Å². The van der Waals surface area contributed by atoms with Crippen LogP contribution in [0.15, 0.2) is 69.2 Å². The molecule has 0 radical (unpaired) electrons. The number of hydrogen-bond acceptors (Lipinski definition) is 5. The van der Waals surface area contributed by atoms with Gasteiger partial charge in [0.25, 0.3) is 11.1 Å². The van der Waals surface area contributed by atoms with E-state index >= 15 is 0 Å². The van der Waals surface area contributed by atoms with Crippen LogP contribution in [0.4, 0.5) is 32.2 Å². The number of nitrogens with zero attached hydrogens (tertiary/aromatic N) is 3. The molecule has 2 N–H and O–H groups in total. The summed E-state index contributed by atoms with van der Waals surface area (Å²) in [6.07, 6.45) is -12.2. The Morgan fingerprint density at radius 1 is 0.912 bits per heavy atom. The summed E-state index contributed by atoms with van der Waals surface area (Å²) in [6.45, 7) is 0. The third kappa shape index (κ3) is 3.35. The summed E-state index contributed by atoms with van der Waals surface area (Å²) in [4.78, 5) is 29.6. The number of aromatic nitrogens is 2. The van der Waals surface area contributed by atoms with E-state index in [0.717, 1.165) is 12.1 Å². The molecule has 4 rings (SSSR count). The van der Waals surface area contributed by atoms with Crippen molar-refractivity contribution in [2.75, 3.05) is 5.32 Å². The average molecular weight is 479 g/mol. The highest BCUT2D eigenvalue weighted by Gasteiger charge is 2.75. The summed E-state index contributed by atoms with van der Waals surface area (Å²) in [5.41, 5.74) is -10.2. The molecule has 0 spiro atoms. The molecular formula is C21H11F6N5O2. The number of nitrogens with one attached hydrogen (secondary N) is 2. The molecule has 1 aliphatic heterocycles. The maximum atomic E-state index is 14.3. The SMILES string of the molecule is N#Cc1ccc(C2=NC(C(F)(F)F)(C(F)(F)F)c3c(n(-c4ccccc4)c(=O)[nH]c3=O)N2)cc1. The monoisotopic (exact) mass is 479 g/mol. The third-order valence-corrected chi connectivity index (χ3v) is 5.11. The number of amidine groups is 1. The van der Waals surface area contributed by atoms with Crippen molar-refractivity contribution in [1.82, 2.24) is 9.55 Å². The van der Waals surface area contributed by atoms with E-state index in [1.165, 1.54) is 42.5 Å². The van der Waals surface area contributed by atoms with Gasteiger partial charge in [-0.25, -0.2) is 14.4 Å². The number of H-pyrrole nitrogens is 1. The minimum absolute atomic E-state index is 0.0936. The molecule has 0 saturated heterocycles. The Kier molecular flexibility index (Phi) is 5.12. The van der Waals surface area contributed by atoms with Gasteiger partial charge in [-0.05, 0) is 36.4 Å². The van der Waals surface area contributed by atoms with E-state index in [1.54, 1.807) is 11.1 Å². The van der Waals surface area contributed by atoms with Gasteiger partial charge in [-0.2, -0.15) is 31.6 Å². The molecule has 174 valence electrons. The van der Waals surface area contributed by atoms with Gasteiger partial charge in [0.1, 0.15) is 17.2 Å². The van der Waals surface area contributed by atoms with Crippen molar-refractivity contribution >= 4 is 11.7 Å². The van der Waals surface area contributed by atoms with Crippen LogP contribution >= 0.6 is 0 Å². The Balaban J connectivity index is 2.16. The van der Waals surface area contributed by atoms with Crippen molar-refractivity contribution in [3.63, 3.8) is 0 Å². The van der Waals surface area contributed by atoms with Crippen molar-refractivity contribution in [3.8, 4) is 11.8 Å². The number of aliphatic imine (C=N–C) groups is 1. The molecule has 1 aromatic heterocycles. The van der Waals surface area contributed by atoms with Crippen molar-refractivity contribution in [2.45, 2.75) is 17.9 Å². The van der Waals surface area contributed by atoms with Gasteiger partial charge in [-0.15, -0.1) is 0 Å². The molecule has 0 amide bonds. The summed E-state index contributed by atoms with van der Waals surface area (Å²) < 4.78 is 86.0. The molecule has 2 aromatic carbocycles. The fraction of sp³-hybridized carbons (Fsp3) is 0.143. The first-order valence-electron chi connectivity index (χ1n) is 9.37. The predicted octanol–water partition coefficient (Wildman–Crippen LogP) is 3.59. The summed E-state index contributed by atoms with van der Waals surface area (Å²) in [7, 11) is 0. The van der Waals surface area contributed by atoms with Crippen LogP contribution in [-0.2, 0) is 5.54 Å². The minimum Gasteiger partial charge on any atom is -0.325 e. The van der Waals surface area contributed by atoms with E-state index in [-0.39, 0.29) is 16.8 Å². The van der Waals surface area contributed by atoms with Gasteiger partial charge in [0, 0.05) is 5.56 Å². The van der Waals surface area contributed by atoms with Crippen LogP contribution in [-0.4, -0.2) is 27.7 Å². The van der Waals surface area contributed by atoms with E-state index < -0.39 is 46.4 Å². The van der Waals surface area contributed by atoms with Crippen LogP contribution in [0, 0.1) is 11.3 Å². The molecule has 1 aliphatic rings. The lowest BCUT2D eigenvalue weighted by atomic mass is 9.87. The normalized spacial score (nSPS) is 15.0. The number of fused-ring (bicyclic) bond motifs is 1. The highest BCUT2D eigenvalue weighted by Crippen LogP contribution is 2.55. The van der Waals surface area contributed by atoms with Crippen LogP contribution in [0.25, 0.3) is 5.69 Å². The van der Waals surface area contributed by atoms with E-state index in [0.29, 0.717) is 4.57 Å². The second kappa shape index (κ2) is 7.62. The Hall–Kier alpha value is -4.34. The number of hydrogen-bond donors (Lipinski definition) is 2. The second-order valence-electron chi connectivity index (χ2n) is 7.13. The third-order valence-electron chi connectivity index (χ3n) is 5.11. The van der Waals surface area contributed by atoms with Crippen LogP contribution in [0.3, 0.4) is 0 Å². The molecule has 2 heterocycles. The summed E-state index contributed by atoms with van der Waals surface area (Å²) in [5.74, 6) is -1.94. The lowest BCUT2D eigenvalue weighted by Gasteiger charge is -2.38. The van der Waals surface area contributed by atoms with Gasteiger partial charge in [0.15, 0.2) is 0 Å². The topological polar surface area (TPSA) is 103 Å². The number of aromatic amines is 1. The van der Waals surface area contributed by atoms with Crippen LogP contribution in [0.5, 0.6) is 0 Å². The lowest BCUT2D eigenvalue weighted by Crippen LogP contribution is -2.59. The van der Waals surface area contributed by atoms with Gasteiger partial charge < -0.3 is 5.32 Å². The van der Waals surface area contributed by atoms with Crippen molar-refractivity contribution < 1.29 is 26.3 Å². The van der Waals surface area contributed by atoms with Crippen molar-refractivity contribution in [3.05, 3.63) is 92.1 Å². The largest absolute Gasteiger partial charge is 0.427 e. The first-order chi connectivity index (χ1) is 15.9. The summed E-state index contributed by atoms with van der Waals surface area (Å²) in [5, 5.41) is 11.2. The second-order valence-corrected chi connectivity index (χ2v) is 7.13. The zero-order valence-corrected chi connectivity index (χ0v) is 16.6. The van der Waals surface area contributed by atoms with Gasteiger partial charge >= 0.3 is 18.0 Å². The summed E-state index contributed by atoms with van der Waals surface area (Å²) in [6, 6.07) is 13.1. The maximum absolute atomic E-state index is 14.3. The molecule has 7 nitrogen and oxygen atoms in total. The molecule has 0 aliphatic carbocycles. The zero-order valence-electron chi connectivity index (χ0n) is 16.6.